The lowest BCUT2D eigenvalue weighted by Crippen LogP contribution is -2.46. The SMILES string of the molecule is CCC(CO)(CCCOC(C)C)NC. The second-order valence-corrected chi connectivity index (χ2v) is 4.07. The van der Waals surface area contributed by atoms with Crippen molar-refractivity contribution < 1.29 is 9.84 Å². The predicted molar refractivity (Wildman–Crippen MR) is 59.5 cm³/mol. The van der Waals surface area contributed by atoms with E-state index in [0.29, 0.717) is 6.10 Å². The molecule has 0 fully saturated rings. The molecule has 0 spiro atoms. The summed E-state index contributed by atoms with van der Waals surface area (Å²) in [5, 5.41) is 12.5. The van der Waals surface area contributed by atoms with Gasteiger partial charge in [0.15, 0.2) is 0 Å². The summed E-state index contributed by atoms with van der Waals surface area (Å²) in [7, 11) is 1.91. The van der Waals surface area contributed by atoms with Crippen LogP contribution in [-0.4, -0.2) is 37.0 Å². The molecule has 1 unspecified atom stereocenters. The minimum absolute atomic E-state index is 0.111. The van der Waals surface area contributed by atoms with Gasteiger partial charge >= 0.3 is 0 Å². The number of aliphatic hydroxyl groups is 1. The number of hydrogen-bond donors (Lipinski definition) is 2. The average molecular weight is 203 g/mol. The van der Waals surface area contributed by atoms with Gasteiger partial charge in [0, 0.05) is 12.1 Å². The van der Waals surface area contributed by atoms with E-state index in [4.69, 9.17) is 4.74 Å². The first-order chi connectivity index (χ1) is 6.60. The average Bonchev–Trinajstić information content (AvgIpc) is 2.19. The van der Waals surface area contributed by atoms with Gasteiger partial charge in [-0.1, -0.05) is 6.92 Å². The molecule has 0 heterocycles. The molecule has 0 aromatic carbocycles. The summed E-state index contributed by atoms with van der Waals surface area (Å²) in [5.41, 5.74) is -0.111. The molecule has 0 bridgehead atoms. The van der Waals surface area contributed by atoms with Gasteiger partial charge in [0.05, 0.1) is 12.7 Å². The van der Waals surface area contributed by atoms with Crippen molar-refractivity contribution in [2.75, 3.05) is 20.3 Å². The van der Waals surface area contributed by atoms with Gasteiger partial charge in [0.25, 0.3) is 0 Å². The van der Waals surface area contributed by atoms with E-state index < -0.39 is 0 Å². The third-order valence-electron chi connectivity index (χ3n) is 2.76. The fourth-order valence-electron chi connectivity index (χ4n) is 1.48. The highest BCUT2D eigenvalue weighted by atomic mass is 16.5. The molecule has 0 aliphatic heterocycles. The van der Waals surface area contributed by atoms with Crippen molar-refractivity contribution in [1.82, 2.24) is 5.32 Å². The molecule has 86 valence electrons. The fraction of sp³-hybridized carbons (Fsp3) is 1.00. The molecule has 0 saturated heterocycles. The molecule has 1 atom stereocenters. The van der Waals surface area contributed by atoms with Gasteiger partial charge in [-0.15, -0.1) is 0 Å². The van der Waals surface area contributed by atoms with Crippen molar-refractivity contribution in [3.63, 3.8) is 0 Å². The molecule has 0 aliphatic carbocycles. The van der Waals surface area contributed by atoms with Gasteiger partial charge in [0.1, 0.15) is 0 Å². The van der Waals surface area contributed by atoms with E-state index in [0.717, 1.165) is 25.9 Å². The Morgan fingerprint density at radius 1 is 1.43 bits per heavy atom. The standard InChI is InChI=1S/C11H25NO2/c1-5-11(9-13,12-4)7-6-8-14-10(2)3/h10,12-13H,5-9H2,1-4H3. The lowest BCUT2D eigenvalue weighted by Gasteiger charge is -2.30. The monoisotopic (exact) mass is 203 g/mol. The zero-order chi connectivity index (χ0) is 11.0. The lowest BCUT2D eigenvalue weighted by molar-refractivity contribution is 0.0653. The number of rotatable bonds is 8. The van der Waals surface area contributed by atoms with Gasteiger partial charge in [0.2, 0.25) is 0 Å². The Kier molecular flexibility index (Phi) is 7.15. The second-order valence-electron chi connectivity index (χ2n) is 4.07. The highest BCUT2D eigenvalue weighted by Crippen LogP contribution is 2.16. The van der Waals surface area contributed by atoms with Crippen LogP contribution in [0.5, 0.6) is 0 Å². The van der Waals surface area contributed by atoms with Gasteiger partial charge < -0.3 is 15.2 Å². The quantitative estimate of drug-likeness (QED) is 0.588. The van der Waals surface area contributed by atoms with Crippen LogP contribution in [-0.2, 0) is 4.74 Å². The Bertz CT molecular complexity index is 125. The zero-order valence-corrected chi connectivity index (χ0v) is 9.97. The number of hydrogen-bond acceptors (Lipinski definition) is 3. The molecule has 2 N–H and O–H groups in total. The molecular formula is C11H25NO2. The van der Waals surface area contributed by atoms with Crippen molar-refractivity contribution in [1.29, 1.82) is 0 Å². The van der Waals surface area contributed by atoms with Crippen LogP contribution in [0.1, 0.15) is 40.0 Å². The summed E-state index contributed by atoms with van der Waals surface area (Å²) in [6, 6.07) is 0. The molecule has 3 heteroatoms. The van der Waals surface area contributed by atoms with E-state index in [1.807, 2.05) is 20.9 Å². The zero-order valence-electron chi connectivity index (χ0n) is 9.97. The lowest BCUT2D eigenvalue weighted by atomic mass is 9.92. The van der Waals surface area contributed by atoms with E-state index in [2.05, 4.69) is 12.2 Å². The van der Waals surface area contributed by atoms with E-state index in [-0.39, 0.29) is 12.1 Å². The first kappa shape index (κ1) is 13.9. The van der Waals surface area contributed by atoms with Crippen molar-refractivity contribution >= 4 is 0 Å². The van der Waals surface area contributed by atoms with Crippen LogP contribution in [0.15, 0.2) is 0 Å². The van der Waals surface area contributed by atoms with Gasteiger partial charge in [-0.25, -0.2) is 0 Å². The minimum atomic E-state index is -0.111. The maximum Gasteiger partial charge on any atom is 0.0613 e. The summed E-state index contributed by atoms with van der Waals surface area (Å²) in [4.78, 5) is 0. The van der Waals surface area contributed by atoms with Crippen molar-refractivity contribution in [2.45, 2.75) is 51.7 Å². The smallest absolute Gasteiger partial charge is 0.0613 e. The van der Waals surface area contributed by atoms with E-state index in [1.54, 1.807) is 0 Å². The number of aliphatic hydroxyl groups excluding tert-OH is 1. The molecule has 0 aliphatic rings. The first-order valence-electron chi connectivity index (χ1n) is 5.51. The topological polar surface area (TPSA) is 41.5 Å². The number of nitrogens with one attached hydrogen (secondary N) is 1. The Hall–Kier alpha value is -0.120. The number of ether oxygens (including phenoxy) is 1. The van der Waals surface area contributed by atoms with E-state index in [1.165, 1.54) is 0 Å². The molecule has 0 radical (unpaired) electrons. The summed E-state index contributed by atoms with van der Waals surface area (Å²) in [5.74, 6) is 0. The molecule has 3 nitrogen and oxygen atoms in total. The summed E-state index contributed by atoms with van der Waals surface area (Å²) in [6.07, 6.45) is 3.20. The van der Waals surface area contributed by atoms with E-state index in [9.17, 15) is 5.11 Å². The van der Waals surface area contributed by atoms with Crippen LogP contribution in [0.2, 0.25) is 0 Å². The molecule has 0 aromatic rings. The Labute approximate surface area is 87.8 Å². The van der Waals surface area contributed by atoms with Crippen LogP contribution < -0.4 is 5.32 Å². The van der Waals surface area contributed by atoms with Crippen LogP contribution in [0.4, 0.5) is 0 Å². The van der Waals surface area contributed by atoms with Gasteiger partial charge in [-0.2, -0.15) is 0 Å². The maximum absolute atomic E-state index is 9.28. The predicted octanol–water partition coefficient (Wildman–Crippen LogP) is 1.55. The molecule has 0 rings (SSSR count). The first-order valence-corrected chi connectivity index (χ1v) is 5.51. The molecular weight excluding hydrogens is 178 g/mol. The Morgan fingerprint density at radius 3 is 2.43 bits per heavy atom. The van der Waals surface area contributed by atoms with Gasteiger partial charge in [-0.3, -0.25) is 0 Å². The summed E-state index contributed by atoms with van der Waals surface area (Å²) in [6.45, 7) is 7.15. The molecule has 14 heavy (non-hydrogen) atoms. The van der Waals surface area contributed by atoms with Crippen LogP contribution >= 0.6 is 0 Å². The number of likely N-dealkylation sites (N-methyl/N-ethyl adjacent to an activating group) is 1. The highest BCUT2D eigenvalue weighted by molar-refractivity contribution is 4.84. The van der Waals surface area contributed by atoms with Gasteiger partial charge in [-0.05, 0) is 40.2 Å². The van der Waals surface area contributed by atoms with Crippen molar-refractivity contribution in [3.05, 3.63) is 0 Å². The third kappa shape index (κ3) is 4.94. The Morgan fingerprint density at radius 2 is 2.07 bits per heavy atom. The van der Waals surface area contributed by atoms with Crippen LogP contribution in [0, 0.1) is 0 Å². The van der Waals surface area contributed by atoms with Crippen molar-refractivity contribution in [3.8, 4) is 0 Å². The minimum Gasteiger partial charge on any atom is -0.394 e. The normalized spacial score (nSPS) is 15.9. The third-order valence-corrected chi connectivity index (χ3v) is 2.76. The summed E-state index contributed by atoms with van der Waals surface area (Å²) < 4.78 is 5.46. The highest BCUT2D eigenvalue weighted by Gasteiger charge is 2.24. The van der Waals surface area contributed by atoms with E-state index >= 15 is 0 Å². The van der Waals surface area contributed by atoms with Crippen molar-refractivity contribution in [2.24, 2.45) is 0 Å². The maximum atomic E-state index is 9.28. The molecule has 0 amide bonds. The molecule has 0 saturated carbocycles. The second kappa shape index (κ2) is 7.21. The molecule has 0 aromatic heterocycles. The van der Waals surface area contributed by atoms with Crippen LogP contribution in [0.25, 0.3) is 0 Å². The largest absolute Gasteiger partial charge is 0.394 e. The van der Waals surface area contributed by atoms with Crippen LogP contribution in [0.3, 0.4) is 0 Å². The fourth-order valence-corrected chi connectivity index (χ4v) is 1.48. The Balaban J connectivity index is 3.71. The summed E-state index contributed by atoms with van der Waals surface area (Å²) >= 11 is 0.